The van der Waals surface area contributed by atoms with Crippen molar-refractivity contribution in [3.63, 3.8) is 0 Å². The zero-order valence-electron chi connectivity index (χ0n) is 11.6. The third-order valence-corrected chi connectivity index (χ3v) is 5.27. The second-order valence-corrected chi connectivity index (χ2v) is 6.39. The molecule has 0 atom stereocenters. The molecule has 0 bridgehead atoms. The van der Waals surface area contributed by atoms with Gasteiger partial charge in [0.05, 0.1) is 0 Å². The van der Waals surface area contributed by atoms with E-state index in [1.165, 1.54) is 40.8 Å². The van der Waals surface area contributed by atoms with Crippen LogP contribution in [-0.4, -0.2) is 37.6 Å². The van der Waals surface area contributed by atoms with E-state index in [4.69, 9.17) is 0 Å². The molecule has 1 fully saturated rings. The molecule has 1 aromatic rings. The third-order valence-electron chi connectivity index (χ3n) is 4.11. The molecular formula is C15H23IN2. The van der Waals surface area contributed by atoms with Crippen molar-refractivity contribution in [2.75, 3.05) is 31.6 Å². The van der Waals surface area contributed by atoms with E-state index in [0.29, 0.717) is 0 Å². The molecule has 0 saturated carbocycles. The zero-order chi connectivity index (χ0) is 13.1. The van der Waals surface area contributed by atoms with Gasteiger partial charge in [-0.1, -0.05) is 13.0 Å². The monoisotopic (exact) mass is 358 g/mol. The molecule has 100 valence electrons. The Morgan fingerprint density at radius 2 is 2.00 bits per heavy atom. The molecule has 0 N–H and O–H groups in total. The minimum absolute atomic E-state index is 0.774. The number of hydrogen-bond donors (Lipinski definition) is 0. The Morgan fingerprint density at radius 3 is 2.56 bits per heavy atom. The van der Waals surface area contributed by atoms with Crippen LogP contribution in [0.2, 0.25) is 0 Å². The number of anilines is 1. The Kier molecular flexibility index (Phi) is 4.90. The fourth-order valence-corrected chi connectivity index (χ4v) is 3.10. The lowest BCUT2D eigenvalue weighted by atomic mass is 10.0. The summed E-state index contributed by atoms with van der Waals surface area (Å²) >= 11 is 2.43. The molecule has 0 spiro atoms. The van der Waals surface area contributed by atoms with E-state index in [9.17, 15) is 0 Å². The Hall–Kier alpha value is -0.290. The van der Waals surface area contributed by atoms with Crippen LogP contribution in [0, 0.1) is 10.5 Å². The lowest BCUT2D eigenvalue weighted by molar-refractivity contribution is 0.218. The van der Waals surface area contributed by atoms with Crippen LogP contribution in [0.5, 0.6) is 0 Å². The van der Waals surface area contributed by atoms with Crippen molar-refractivity contribution in [1.29, 1.82) is 0 Å². The van der Waals surface area contributed by atoms with Crippen LogP contribution in [0.25, 0.3) is 0 Å². The first-order chi connectivity index (χ1) is 8.61. The van der Waals surface area contributed by atoms with E-state index >= 15 is 0 Å². The molecule has 1 aliphatic heterocycles. The van der Waals surface area contributed by atoms with Crippen LogP contribution < -0.4 is 4.90 Å². The third kappa shape index (κ3) is 3.18. The summed E-state index contributed by atoms with van der Waals surface area (Å²) in [5.41, 5.74) is 2.77. The van der Waals surface area contributed by atoms with Gasteiger partial charge in [0.1, 0.15) is 0 Å². The Bertz CT molecular complexity index is 397. The first-order valence-corrected chi connectivity index (χ1v) is 7.91. The van der Waals surface area contributed by atoms with Gasteiger partial charge in [0, 0.05) is 28.4 Å². The Balaban J connectivity index is 1.99. The highest BCUT2D eigenvalue weighted by Crippen LogP contribution is 2.25. The summed E-state index contributed by atoms with van der Waals surface area (Å²) in [6, 6.07) is 7.60. The van der Waals surface area contributed by atoms with Gasteiger partial charge in [0.2, 0.25) is 0 Å². The topological polar surface area (TPSA) is 6.48 Å². The SMILES string of the molecule is CCN(C)C1CCN(c2ccc(C)c(I)c2)CC1. The maximum Gasteiger partial charge on any atom is 0.0377 e. The van der Waals surface area contributed by atoms with Gasteiger partial charge in [-0.05, 0) is 73.6 Å². The molecule has 2 rings (SSSR count). The fourth-order valence-electron chi connectivity index (χ4n) is 2.60. The second kappa shape index (κ2) is 6.24. The quantitative estimate of drug-likeness (QED) is 0.763. The minimum Gasteiger partial charge on any atom is -0.371 e. The maximum absolute atomic E-state index is 2.53. The van der Waals surface area contributed by atoms with E-state index < -0.39 is 0 Å². The van der Waals surface area contributed by atoms with Gasteiger partial charge in [-0.15, -0.1) is 0 Å². The summed E-state index contributed by atoms with van der Waals surface area (Å²) in [6.07, 6.45) is 2.57. The van der Waals surface area contributed by atoms with Crippen molar-refractivity contribution in [2.45, 2.75) is 32.7 Å². The normalized spacial score (nSPS) is 17.5. The molecule has 1 saturated heterocycles. The van der Waals surface area contributed by atoms with Crippen LogP contribution >= 0.6 is 22.6 Å². The predicted molar refractivity (Wildman–Crippen MR) is 87.4 cm³/mol. The number of hydrogen-bond acceptors (Lipinski definition) is 2. The molecule has 3 heteroatoms. The summed E-state index contributed by atoms with van der Waals surface area (Å²) < 4.78 is 1.37. The predicted octanol–water partition coefficient (Wildman–Crippen LogP) is 3.52. The number of piperidine rings is 1. The highest BCUT2D eigenvalue weighted by Gasteiger charge is 2.21. The minimum atomic E-state index is 0.774. The van der Waals surface area contributed by atoms with Gasteiger partial charge in [-0.25, -0.2) is 0 Å². The van der Waals surface area contributed by atoms with Crippen molar-refractivity contribution in [3.05, 3.63) is 27.3 Å². The van der Waals surface area contributed by atoms with E-state index in [1.54, 1.807) is 0 Å². The van der Waals surface area contributed by atoms with Gasteiger partial charge in [0.15, 0.2) is 0 Å². The molecule has 1 aliphatic rings. The van der Waals surface area contributed by atoms with Crippen LogP contribution in [0.3, 0.4) is 0 Å². The number of halogens is 1. The number of benzene rings is 1. The lowest BCUT2D eigenvalue weighted by Gasteiger charge is -2.37. The smallest absolute Gasteiger partial charge is 0.0377 e. The molecule has 0 aliphatic carbocycles. The summed E-state index contributed by atoms with van der Waals surface area (Å²) in [5.74, 6) is 0. The first kappa shape index (κ1) is 14.1. The van der Waals surface area contributed by atoms with Crippen molar-refractivity contribution in [3.8, 4) is 0 Å². The fraction of sp³-hybridized carbons (Fsp3) is 0.600. The molecule has 0 radical (unpaired) electrons. The average Bonchev–Trinajstić information content (AvgIpc) is 2.41. The van der Waals surface area contributed by atoms with Crippen LogP contribution in [0.1, 0.15) is 25.3 Å². The summed E-state index contributed by atoms with van der Waals surface area (Å²) in [4.78, 5) is 5.01. The van der Waals surface area contributed by atoms with Gasteiger partial charge in [-0.2, -0.15) is 0 Å². The Morgan fingerprint density at radius 1 is 1.33 bits per heavy atom. The van der Waals surface area contributed by atoms with Gasteiger partial charge in [0.25, 0.3) is 0 Å². The number of aryl methyl sites for hydroxylation is 1. The number of rotatable bonds is 3. The summed E-state index contributed by atoms with van der Waals surface area (Å²) in [6.45, 7) is 7.96. The molecule has 0 aromatic heterocycles. The highest BCUT2D eigenvalue weighted by atomic mass is 127. The van der Waals surface area contributed by atoms with E-state index in [2.05, 4.69) is 71.5 Å². The van der Waals surface area contributed by atoms with Crippen LogP contribution in [-0.2, 0) is 0 Å². The molecular weight excluding hydrogens is 335 g/mol. The first-order valence-electron chi connectivity index (χ1n) is 6.83. The van der Waals surface area contributed by atoms with E-state index in [-0.39, 0.29) is 0 Å². The zero-order valence-corrected chi connectivity index (χ0v) is 13.8. The molecule has 18 heavy (non-hydrogen) atoms. The van der Waals surface area contributed by atoms with Gasteiger partial charge in [-0.3, -0.25) is 0 Å². The molecule has 2 nitrogen and oxygen atoms in total. The van der Waals surface area contributed by atoms with Crippen LogP contribution in [0.15, 0.2) is 18.2 Å². The standard InChI is InChI=1S/C15H23IN2/c1-4-17(3)13-7-9-18(10-8-13)14-6-5-12(2)15(16)11-14/h5-6,11,13H,4,7-10H2,1-3H3. The summed E-state index contributed by atoms with van der Waals surface area (Å²) in [7, 11) is 2.25. The van der Waals surface area contributed by atoms with Crippen molar-refractivity contribution in [1.82, 2.24) is 4.90 Å². The van der Waals surface area contributed by atoms with Crippen molar-refractivity contribution < 1.29 is 0 Å². The van der Waals surface area contributed by atoms with Gasteiger partial charge >= 0.3 is 0 Å². The highest BCUT2D eigenvalue weighted by molar-refractivity contribution is 14.1. The van der Waals surface area contributed by atoms with Crippen molar-refractivity contribution in [2.24, 2.45) is 0 Å². The van der Waals surface area contributed by atoms with E-state index in [0.717, 1.165) is 12.6 Å². The maximum atomic E-state index is 2.53. The van der Waals surface area contributed by atoms with Crippen LogP contribution in [0.4, 0.5) is 5.69 Å². The summed E-state index contributed by atoms with van der Waals surface area (Å²) in [5, 5.41) is 0. The van der Waals surface area contributed by atoms with Crippen molar-refractivity contribution >= 4 is 28.3 Å². The second-order valence-electron chi connectivity index (χ2n) is 5.22. The van der Waals surface area contributed by atoms with Gasteiger partial charge < -0.3 is 9.80 Å². The van der Waals surface area contributed by atoms with E-state index in [1.807, 2.05) is 0 Å². The lowest BCUT2D eigenvalue weighted by Crippen LogP contribution is -2.43. The Labute approximate surface area is 124 Å². The average molecular weight is 358 g/mol. The molecule has 0 amide bonds. The number of nitrogens with zero attached hydrogens (tertiary/aromatic N) is 2. The largest absolute Gasteiger partial charge is 0.371 e. The molecule has 0 unspecified atom stereocenters. The molecule has 1 aromatic carbocycles. The molecule has 1 heterocycles.